The van der Waals surface area contributed by atoms with Gasteiger partial charge >= 0.3 is 0 Å². The van der Waals surface area contributed by atoms with Crippen molar-refractivity contribution >= 4 is 5.78 Å². The molecule has 0 bridgehead atoms. The number of carbonyl (C=O) groups is 1. The predicted octanol–water partition coefficient (Wildman–Crippen LogP) is 2.26. The summed E-state index contributed by atoms with van der Waals surface area (Å²) in [6.45, 7) is -0.162. The van der Waals surface area contributed by atoms with Crippen LogP contribution >= 0.6 is 0 Å². The average molecular weight is 236 g/mol. The van der Waals surface area contributed by atoms with E-state index in [9.17, 15) is 4.79 Å². The van der Waals surface area contributed by atoms with Gasteiger partial charge in [-0.15, -0.1) is 0 Å². The van der Waals surface area contributed by atoms with Gasteiger partial charge in [0.1, 0.15) is 6.61 Å². The largest absolute Gasteiger partial charge is 0.384 e. The van der Waals surface area contributed by atoms with Crippen molar-refractivity contribution in [3.8, 4) is 11.8 Å². The minimum atomic E-state index is -0.162. The van der Waals surface area contributed by atoms with Crippen molar-refractivity contribution in [2.24, 2.45) is 0 Å². The molecule has 0 heterocycles. The summed E-state index contributed by atoms with van der Waals surface area (Å²) in [4.78, 5) is 12.1. The van der Waals surface area contributed by atoms with Crippen LogP contribution < -0.4 is 0 Å². The molecule has 1 N–H and O–H groups in total. The molecule has 0 atom stereocenters. The van der Waals surface area contributed by atoms with E-state index in [4.69, 9.17) is 5.11 Å². The minimum absolute atomic E-state index is 0.00253. The van der Waals surface area contributed by atoms with Crippen molar-refractivity contribution in [3.63, 3.8) is 0 Å². The number of hydrogen-bond donors (Lipinski definition) is 1. The number of aliphatic hydroxyl groups is 1. The SMILES string of the molecule is O=C(c1ccccc1)c1ccc(C#CCO)cc1. The second kappa shape index (κ2) is 5.81. The molecule has 2 aromatic carbocycles. The highest BCUT2D eigenvalue weighted by Gasteiger charge is 2.07. The summed E-state index contributed by atoms with van der Waals surface area (Å²) in [7, 11) is 0. The normalized spacial score (nSPS) is 9.39. The van der Waals surface area contributed by atoms with Crippen LogP contribution in [0.3, 0.4) is 0 Å². The van der Waals surface area contributed by atoms with Gasteiger partial charge in [-0.05, 0) is 24.3 Å². The molecule has 2 rings (SSSR count). The van der Waals surface area contributed by atoms with Crippen LogP contribution in [0, 0.1) is 11.8 Å². The van der Waals surface area contributed by atoms with Gasteiger partial charge in [-0.25, -0.2) is 0 Å². The Morgan fingerprint density at radius 3 is 2.17 bits per heavy atom. The van der Waals surface area contributed by atoms with E-state index in [0.717, 1.165) is 5.56 Å². The first-order chi connectivity index (χ1) is 8.81. The number of ketones is 1. The van der Waals surface area contributed by atoms with Crippen LogP contribution in [0.2, 0.25) is 0 Å². The Morgan fingerprint density at radius 2 is 1.56 bits per heavy atom. The van der Waals surface area contributed by atoms with E-state index in [1.54, 1.807) is 36.4 Å². The molecular weight excluding hydrogens is 224 g/mol. The molecule has 0 aromatic heterocycles. The Morgan fingerprint density at radius 1 is 0.944 bits per heavy atom. The van der Waals surface area contributed by atoms with Crippen LogP contribution in [0.4, 0.5) is 0 Å². The van der Waals surface area contributed by atoms with E-state index in [1.807, 2.05) is 18.2 Å². The third-order valence-electron chi connectivity index (χ3n) is 2.49. The van der Waals surface area contributed by atoms with Gasteiger partial charge in [-0.3, -0.25) is 4.79 Å². The van der Waals surface area contributed by atoms with Crippen LogP contribution in [0.1, 0.15) is 21.5 Å². The fourth-order valence-electron chi connectivity index (χ4n) is 1.60. The summed E-state index contributed by atoms with van der Waals surface area (Å²) in [5, 5.41) is 8.59. The summed E-state index contributed by atoms with van der Waals surface area (Å²) in [5.41, 5.74) is 2.09. The number of hydrogen-bond acceptors (Lipinski definition) is 2. The van der Waals surface area contributed by atoms with Gasteiger partial charge < -0.3 is 5.11 Å². The van der Waals surface area contributed by atoms with Crippen LogP contribution in [-0.4, -0.2) is 17.5 Å². The Kier molecular flexibility index (Phi) is 3.90. The van der Waals surface area contributed by atoms with Gasteiger partial charge in [0.25, 0.3) is 0 Å². The molecule has 2 nitrogen and oxygen atoms in total. The summed E-state index contributed by atoms with van der Waals surface area (Å²) in [5.74, 6) is 5.35. The van der Waals surface area contributed by atoms with Crippen LogP contribution in [0.15, 0.2) is 54.6 Å². The quantitative estimate of drug-likeness (QED) is 0.641. The van der Waals surface area contributed by atoms with Crippen LogP contribution in [-0.2, 0) is 0 Å². The molecule has 0 aliphatic rings. The van der Waals surface area contributed by atoms with Crippen LogP contribution in [0.25, 0.3) is 0 Å². The zero-order valence-corrected chi connectivity index (χ0v) is 9.76. The van der Waals surface area contributed by atoms with Crippen molar-refractivity contribution in [1.82, 2.24) is 0 Å². The van der Waals surface area contributed by atoms with Gasteiger partial charge in [0.2, 0.25) is 0 Å². The first-order valence-corrected chi connectivity index (χ1v) is 5.61. The van der Waals surface area contributed by atoms with Crippen molar-refractivity contribution < 1.29 is 9.90 Å². The van der Waals surface area contributed by atoms with Gasteiger partial charge in [-0.1, -0.05) is 42.2 Å². The molecule has 88 valence electrons. The molecule has 0 spiro atoms. The van der Waals surface area contributed by atoms with Crippen LogP contribution in [0.5, 0.6) is 0 Å². The van der Waals surface area contributed by atoms with Crippen molar-refractivity contribution in [2.45, 2.75) is 0 Å². The molecule has 0 aliphatic carbocycles. The van der Waals surface area contributed by atoms with E-state index in [2.05, 4.69) is 11.8 Å². The highest BCUT2D eigenvalue weighted by atomic mass is 16.2. The van der Waals surface area contributed by atoms with E-state index in [-0.39, 0.29) is 12.4 Å². The van der Waals surface area contributed by atoms with Gasteiger partial charge in [0.05, 0.1) is 0 Å². The second-order valence-electron chi connectivity index (χ2n) is 3.73. The molecule has 0 fully saturated rings. The third-order valence-corrected chi connectivity index (χ3v) is 2.49. The maximum Gasteiger partial charge on any atom is 0.193 e. The maximum atomic E-state index is 12.1. The fraction of sp³-hybridized carbons (Fsp3) is 0.0625. The molecule has 2 heteroatoms. The topological polar surface area (TPSA) is 37.3 Å². The summed E-state index contributed by atoms with van der Waals surface area (Å²) in [6, 6.07) is 16.2. The molecule has 18 heavy (non-hydrogen) atoms. The van der Waals surface area contributed by atoms with Crippen molar-refractivity contribution in [1.29, 1.82) is 0 Å². The zero-order valence-electron chi connectivity index (χ0n) is 9.76. The zero-order chi connectivity index (χ0) is 12.8. The lowest BCUT2D eigenvalue weighted by Gasteiger charge is -2.00. The lowest BCUT2D eigenvalue weighted by Crippen LogP contribution is -2.00. The third kappa shape index (κ3) is 2.85. The van der Waals surface area contributed by atoms with Gasteiger partial charge in [0, 0.05) is 16.7 Å². The fourth-order valence-corrected chi connectivity index (χ4v) is 1.60. The van der Waals surface area contributed by atoms with Gasteiger partial charge in [-0.2, -0.15) is 0 Å². The monoisotopic (exact) mass is 236 g/mol. The highest BCUT2D eigenvalue weighted by molar-refractivity contribution is 6.08. The number of carbonyl (C=O) groups excluding carboxylic acids is 1. The molecule has 0 unspecified atom stereocenters. The van der Waals surface area contributed by atoms with E-state index < -0.39 is 0 Å². The number of aliphatic hydroxyl groups excluding tert-OH is 1. The molecule has 0 saturated heterocycles. The van der Waals surface area contributed by atoms with Crippen molar-refractivity contribution in [3.05, 3.63) is 71.3 Å². The first kappa shape index (κ1) is 12.1. The maximum absolute atomic E-state index is 12.1. The molecule has 0 aliphatic heterocycles. The summed E-state index contributed by atoms with van der Waals surface area (Å²) < 4.78 is 0. The van der Waals surface area contributed by atoms with E-state index in [1.165, 1.54) is 0 Å². The Balaban J connectivity index is 2.22. The van der Waals surface area contributed by atoms with Gasteiger partial charge in [0.15, 0.2) is 5.78 Å². The molecule has 0 saturated carbocycles. The summed E-state index contributed by atoms with van der Waals surface area (Å²) in [6.07, 6.45) is 0. The second-order valence-corrected chi connectivity index (χ2v) is 3.73. The number of rotatable bonds is 2. The Bertz CT molecular complexity index is 586. The lowest BCUT2D eigenvalue weighted by atomic mass is 10.0. The standard InChI is InChI=1S/C16H12O2/c17-12-4-5-13-8-10-15(11-9-13)16(18)14-6-2-1-3-7-14/h1-3,6-11,17H,12H2. The predicted molar refractivity (Wildman–Crippen MR) is 70.3 cm³/mol. The van der Waals surface area contributed by atoms with E-state index >= 15 is 0 Å². The highest BCUT2D eigenvalue weighted by Crippen LogP contribution is 2.10. The smallest absolute Gasteiger partial charge is 0.193 e. The number of benzene rings is 2. The van der Waals surface area contributed by atoms with E-state index in [0.29, 0.717) is 11.1 Å². The molecule has 0 amide bonds. The molecular formula is C16H12O2. The van der Waals surface area contributed by atoms with Crippen molar-refractivity contribution in [2.75, 3.05) is 6.61 Å². The average Bonchev–Trinajstić information content (AvgIpc) is 2.46. The molecule has 0 radical (unpaired) electrons. The Labute approximate surface area is 106 Å². The lowest BCUT2D eigenvalue weighted by molar-refractivity contribution is 0.103. The Hall–Kier alpha value is -2.37. The first-order valence-electron chi connectivity index (χ1n) is 5.61. The summed E-state index contributed by atoms with van der Waals surface area (Å²) >= 11 is 0. The minimum Gasteiger partial charge on any atom is -0.384 e. The molecule has 2 aromatic rings.